The second-order valence-corrected chi connectivity index (χ2v) is 6.34. The quantitative estimate of drug-likeness (QED) is 0.833. The van der Waals surface area contributed by atoms with Gasteiger partial charge in [0.05, 0.1) is 0 Å². The van der Waals surface area contributed by atoms with Crippen molar-refractivity contribution in [1.29, 1.82) is 0 Å². The Bertz CT molecular complexity index is 245. The molecule has 0 amide bonds. The van der Waals surface area contributed by atoms with E-state index in [0.29, 0.717) is 17.5 Å². The van der Waals surface area contributed by atoms with E-state index in [-0.39, 0.29) is 0 Å². The molecular weight excluding hydrogens is 232 g/mol. The maximum absolute atomic E-state index is 5.65. The Morgan fingerprint density at radius 2 is 2.12 bits per heavy atom. The van der Waals surface area contributed by atoms with Crippen LogP contribution in [0.2, 0.25) is 0 Å². The van der Waals surface area contributed by atoms with Crippen LogP contribution in [-0.2, 0) is 0 Å². The highest BCUT2D eigenvalue weighted by Crippen LogP contribution is 2.24. The van der Waals surface area contributed by atoms with E-state index in [1.54, 1.807) is 5.54 Å². The minimum absolute atomic E-state index is 0.320. The third kappa shape index (κ3) is 4.61. The van der Waals surface area contributed by atoms with Gasteiger partial charge >= 0.3 is 0 Å². The van der Waals surface area contributed by atoms with Gasteiger partial charge in [-0.05, 0) is 11.8 Å². The summed E-state index contributed by atoms with van der Waals surface area (Å²) in [7, 11) is 0. The number of rotatable bonds is 4. The number of nitrogens with one attached hydrogen (secondary N) is 1. The van der Waals surface area contributed by atoms with Gasteiger partial charge in [0, 0.05) is 37.3 Å². The molecule has 0 saturated carbocycles. The molecule has 2 atom stereocenters. The monoisotopic (exact) mass is 258 g/mol. The van der Waals surface area contributed by atoms with Gasteiger partial charge in [-0.1, -0.05) is 51.8 Å². The van der Waals surface area contributed by atoms with E-state index in [9.17, 15) is 0 Å². The molecule has 1 heterocycles. The van der Waals surface area contributed by atoms with E-state index in [0.717, 1.165) is 19.6 Å². The zero-order chi connectivity index (χ0) is 12.9. The van der Waals surface area contributed by atoms with Crippen LogP contribution in [-0.4, -0.2) is 36.6 Å². The van der Waals surface area contributed by atoms with Crippen molar-refractivity contribution in [3.05, 3.63) is 11.6 Å². The summed E-state index contributed by atoms with van der Waals surface area (Å²) in [4.78, 5) is 2.56. The van der Waals surface area contributed by atoms with E-state index in [1.165, 1.54) is 12.8 Å². The third-order valence-corrected chi connectivity index (χ3v) is 3.81. The van der Waals surface area contributed by atoms with Gasteiger partial charge in [-0.3, -0.25) is 4.90 Å². The fourth-order valence-electron chi connectivity index (χ4n) is 2.45. The Hall–Kier alpha value is -0.0500. The first kappa shape index (κ1) is 15.0. The van der Waals surface area contributed by atoms with Crippen LogP contribution in [0.25, 0.3) is 0 Å². The fraction of sp³-hybridized carbons (Fsp3) is 0.857. The average molecular weight is 259 g/mol. The standard InChI is InChI=1S/C14H27ClN2/c1-5-7-12-10-16-13(14(2,3)4)11-17(12)9-6-8-15/h6,8,12-13,16H,5,7,9-11H2,1-4H3/b8-6+. The van der Waals surface area contributed by atoms with Crippen LogP contribution >= 0.6 is 11.6 Å². The summed E-state index contributed by atoms with van der Waals surface area (Å²) < 4.78 is 0. The summed E-state index contributed by atoms with van der Waals surface area (Å²) in [5.74, 6) is 0. The highest BCUT2D eigenvalue weighted by molar-refractivity contribution is 6.25. The minimum Gasteiger partial charge on any atom is -0.311 e. The Balaban J connectivity index is 2.62. The number of halogens is 1. The molecule has 2 unspecified atom stereocenters. The minimum atomic E-state index is 0.320. The van der Waals surface area contributed by atoms with Gasteiger partial charge in [0.25, 0.3) is 0 Å². The summed E-state index contributed by atoms with van der Waals surface area (Å²) in [6.07, 6.45) is 4.56. The summed E-state index contributed by atoms with van der Waals surface area (Å²) in [6.45, 7) is 12.4. The molecule has 1 aliphatic rings. The number of hydrogen-bond donors (Lipinski definition) is 1. The first-order chi connectivity index (χ1) is 7.99. The maximum atomic E-state index is 5.65. The average Bonchev–Trinajstić information content (AvgIpc) is 2.26. The van der Waals surface area contributed by atoms with Crippen LogP contribution in [0.5, 0.6) is 0 Å². The molecule has 0 bridgehead atoms. The molecule has 0 aromatic heterocycles. The van der Waals surface area contributed by atoms with Gasteiger partial charge in [0.15, 0.2) is 0 Å². The molecule has 3 heteroatoms. The van der Waals surface area contributed by atoms with Crippen LogP contribution in [0.3, 0.4) is 0 Å². The highest BCUT2D eigenvalue weighted by Gasteiger charge is 2.32. The largest absolute Gasteiger partial charge is 0.311 e. The Morgan fingerprint density at radius 1 is 1.41 bits per heavy atom. The predicted octanol–water partition coefficient (Wildman–Crippen LogP) is 3.23. The molecule has 1 aliphatic heterocycles. The lowest BCUT2D eigenvalue weighted by Crippen LogP contribution is -2.60. The Morgan fingerprint density at radius 3 is 2.65 bits per heavy atom. The highest BCUT2D eigenvalue weighted by atomic mass is 35.5. The first-order valence-corrected chi connectivity index (χ1v) is 7.15. The van der Waals surface area contributed by atoms with Crippen molar-refractivity contribution in [2.75, 3.05) is 19.6 Å². The van der Waals surface area contributed by atoms with Crippen molar-refractivity contribution in [3.63, 3.8) is 0 Å². The zero-order valence-corrected chi connectivity index (χ0v) is 12.4. The molecule has 1 N–H and O–H groups in total. The van der Waals surface area contributed by atoms with E-state index < -0.39 is 0 Å². The van der Waals surface area contributed by atoms with E-state index in [2.05, 4.69) is 44.0 Å². The lowest BCUT2D eigenvalue weighted by molar-refractivity contribution is 0.0910. The van der Waals surface area contributed by atoms with Gasteiger partial charge in [-0.2, -0.15) is 0 Å². The molecule has 1 rings (SSSR count). The van der Waals surface area contributed by atoms with Crippen molar-refractivity contribution in [1.82, 2.24) is 10.2 Å². The van der Waals surface area contributed by atoms with Crippen molar-refractivity contribution < 1.29 is 0 Å². The van der Waals surface area contributed by atoms with Crippen molar-refractivity contribution >= 4 is 11.6 Å². The number of hydrogen-bond acceptors (Lipinski definition) is 2. The van der Waals surface area contributed by atoms with Gasteiger partial charge < -0.3 is 5.32 Å². The maximum Gasteiger partial charge on any atom is 0.0244 e. The van der Waals surface area contributed by atoms with Crippen molar-refractivity contribution in [2.24, 2.45) is 5.41 Å². The number of piperazine rings is 1. The Kier molecular flexibility index (Phi) is 5.98. The van der Waals surface area contributed by atoms with Crippen molar-refractivity contribution in [2.45, 2.75) is 52.6 Å². The molecular formula is C14H27ClN2. The van der Waals surface area contributed by atoms with Gasteiger partial charge in [-0.15, -0.1) is 0 Å². The normalized spacial score (nSPS) is 27.8. The molecule has 1 fully saturated rings. The first-order valence-electron chi connectivity index (χ1n) is 6.71. The predicted molar refractivity (Wildman–Crippen MR) is 76.5 cm³/mol. The summed E-state index contributed by atoms with van der Waals surface area (Å²) in [5, 5.41) is 3.70. The lowest BCUT2D eigenvalue weighted by Gasteiger charge is -2.44. The molecule has 17 heavy (non-hydrogen) atoms. The summed E-state index contributed by atoms with van der Waals surface area (Å²) >= 11 is 5.65. The van der Waals surface area contributed by atoms with Crippen molar-refractivity contribution in [3.8, 4) is 0 Å². The van der Waals surface area contributed by atoms with Gasteiger partial charge in [-0.25, -0.2) is 0 Å². The second kappa shape index (κ2) is 6.77. The van der Waals surface area contributed by atoms with E-state index in [4.69, 9.17) is 11.6 Å². The molecule has 0 spiro atoms. The van der Waals surface area contributed by atoms with Crippen LogP contribution in [0.1, 0.15) is 40.5 Å². The van der Waals surface area contributed by atoms with E-state index in [1.807, 2.05) is 0 Å². The second-order valence-electron chi connectivity index (χ2n) is 6.08. The fourth-order valence-corrected chi connectivity index (χ4v) is 2.53. The molecule has 100 valence electrons. The summed E-state index contributed by atoms with van der Waals surface area (Å²) in [6, 6.07) is 1.23. The molecule has 0 aromatic rings. The summed E-state index contributed by atoms with van der Waals surface area (Å²) in [5.41, 5.74) is 1.96. The third-order valence-electron chi connectivity index (χ3n) is 3.63. The lowest BCUT2D eigenvalue weighted by atomic mass is 9.84. The van der Waals surface area contributed by atoms with Gasteiger partial charge in [0.1, 0.15) is 0 Å². The zero-order valence-electron chi connectivity index (χ0n) is 11.7. The van der Waals surface area contributed by atoms with Crippen LogP contribution in [0.4, 0.5) is 0 Å². The van der Waals surface area contributed by atoms with Crippen LogP contribution < -0.4 is 5.32 Å². The molecule has 0 aromatic carbocycles. The van der Waals surface area contributed by atoms with E-state index >= 15 is 0 Å². The molecule has 0 radical (unpaired) electrons. The van der Waals surface area contributed by atoms with Gasteiger partial charge in [0.2, 0.25) is 0 Å². The SMILES string of the molecule is CCCC1CNC(C(C)(C)C)CN1C/C=C/Cl. The smallest absolute Gasteiger partial charge is 0.0244 e. The number of nitrogens with zero attached hydrogens (tertiary/aromatic N) is 1. The molecule has 0 aliphatic carbocycles. The van der Waals surface area contributed by atoms with Crippen LogP contribution in [0, 0.1) is 5.41 Å². The topological polar surface area (TPSA) is 15.3 Å². The molecule has 2 nitrogen and oxygen atoms in total. The Labute approximate surface area is 111 Å². The van der Waals surface area contributed by atoms with Crippen LogP contribution in [0.15, 0.2) is 11.6 Å². The molecule has 1 saturated heterocycles.